The summed E-state index contributed by atoms with van der Waals surface area (Å²) in [5.74, 6) is -0.195. The molecule has 0 unspecified atom stereocenters. The lowest BCUT2D eigenvalue weighted by molar-refractivity contribution is -0.134. The summed E-state index contributed by atoms with van der Waals surface area (Å²) in [6.45, 7) is 1.94. The smallest absolute Gasteiger partial charge is 0.339 e. The molecule has 1 aliphatic rings. The van der Waals surface area contributed by atoms with Crippen molar-refractivity contribution >= 4 is 40.3 Å². The molecule has 0 saturated carbocycles. The third-order valence-electron chi connectivity index (χ3n) is 4.70. The van der Waals surface area contributed by atoms with Gasteiger partial charge in [-0.05, 0) is 18.2 Å². The van der Waals surface area contributed by atoms with Gasteiger partial charge in [-0.1, -0.05) is 29.8 Å². The highest BCUT2D eigenvalue weighted by Gasteiger charge is 2.24. The number of hydrogen-bond acceptors (Lipinski definition) is 7. The van der Waals surface area contributed by atoms with Crippen molar-refractivity contribution in [3.8, 4) is 0 Å². The molecule has 29 heavy (non-hydrogen) atoms. The molecule has 1 aromatic carbocycles. The minimum atomic E-state index is -0.602. The first-order valence-corrected chi connectivity index (χ1v) is 9.52. The monoisotopic (exact) mass is 411 g/mol. The fourth-order valence-electron chi connectivity index (χ4n) is 3.22. The number of hydrogen-bond donors (Lipinski definition) is 0. The SMILES string of the molecule is O=C(OCC(=O)N1CCN(c2ncccn2)CC1)c1cc(Cl)nc2ccccc12. The van der Waals surface area contributed by atoms with Gasteiger partial charge in [0.1, 0.15) is 5.15 Å². The molecular formula is C20H18ClN5O3. The van der Waals surface area contributed by atoms with Gasteiger partial charge in [0.2, 0.25) is 5.95 Å². The number of piperazine rings is 1. The van der Waals surface area contributed by atoms with Crippen LogP contribution in [0, 0.1) is 0 Å². The van der Waals surface area contributed by atoms with E-state index in [0.29, 0.717) is 48.6 Å². The summed E-state index contributed by atoms with van der Waals surface area (Å²) in [5.41, 5.74) is 0.886. The van der Waals surface area contributed by atoms with Crippen LogP contribution in [0.3, 0.4) is 0 Å². The summed E-state index contributed by atoms with van der Waals surface area (Å²) in [7, 11) is 0. The van der Waals surface area contributed by atoms with Crippen LogP contribution in [0.4, 0.5) is 5.95 Å². The predicted octanol–water partition coefficient (Wildman–Crippen LogP) is 2.18. The number of fused-ring (bicyclic) bond motifs is 1. The summed E-state index contributed by atoms with van der Waals surface area (Å²) in [4.78, 5) is 41.3. The molecule has 0 radical (unpaired) electrons. The van der Waals surface area contributed by atoms with Crippen molar-refractivity contribution in [3.05, 3.63) is 59.5 Å². The highest BCUT2D eigenvalue weighted by molar-refractivity contribution is 6.30. The van der Waals surface area contributed by atoms with E-state index in [1.165, 1.54) is 6.07 Å². The molecule has 0 atom stereocenters. The summed E-state index contributed by atoms with van der Waals surface area (Å²) in [5, 5.41) is 0.826. The molecule has 1 saturated heterocycles. The van der Waals surface area contributed by atoms with Crippen LogP contribution >= 0.6 is 11.6 Å². The number of aromatic nitrogens is 3. The number of rotatable bonds is 4. The average Bonchev–Trinajstić information content (AvgIpc) is 2.77. The van der Waals surface area contributed by atoms with Gasteiger partial charge in [0, 0.05) is 44.0 Å². The zero-order chi connectivity index (χ0) is 20.2. The van der Waals surface area contributed by atoms with Crippen LogP contribution in [-0.4, -0.2) is 64.5 Å². The van der Waals surface area contributed by atoms with Crippen molar-refractivity contribution in [3.63, 3.8) is 0 Å². The lowest BCUT2D eigenvalue weighted by atomic mass is 10.1. The fourth-order valence-corrected chi connectivity index (χ4v) is 3.42. The molecule has 3 aromatic rings. The average molecular weight is 412 g/mol. The first-order valence-electron chi connectivity index (χ1n) is 9.14. The van der Waals surface area contributed by atoms with E-state index in [4.69, 9.17) is 16.3 Å². The number of pyridine rings is 1. The Morgan fingerprint density at radius 2 is 1.76 bits per heavy atom. The first kappa shape index (κ1) is 19.1. The van der Waals surface area contributed by atoms with Crippen molar-refractivity contribution in [1.29, 1.82) is 0 Å². The largest absolute Gasteiger partial charge is 0.452 e. The van der Waals surface area contributed by atoms with Crippen molar-refractivity contribution in [2.75, 3.05) is 37.7 Å². The lowest BCUT2D eigenvalue weighted by Gasteiger charge is -2.34. The molecule has 9 heteroatoms. The summed E-state index contributed by atoms with van der Waals surface area (Å²) < 4.78 is 5.26. The third-order valence-corrected chi connectivity index (χ3v) is 4.89. The molecule has 0 N–H and O–H groups in total. The van der Waals surface area contributed by atoms with Crippen LogP contribution in [0.2, 0.25) is 5.15 Å². The van der Waals surface area contributed by atoms with E-state index in [2.05, 4.69) is 15.0 Å². The zero-order valence-corrected chi connectivity index (χ0v) is 16.2. The van der Waals surface area contributed by atoms with Crippen molar-refractivity contribution < 1.29 is 14.3 Å². The van der Waals surface area contributed by atoms with E-state index in [1.807, 2.05) is 11.0 Å². The van der Waals surface area contributed by atoms with Gasteiger partial charge in [-0.3, -0.25) is 4.79 Å². The Morgan fingerprint density at radius 3 is 2.52 bits per heavy atom. The number of benzene rings is 1. The van der Waals surface area contributed by atoms with Gasteiger partial charge in [0.15, 0.2) is 6.61 Å². The number of para-hydroxylation sites is 1. The standard InChI is InChI=1S/C20H18ClN5O3/c21-17-12-15(14-4-1-2-5-16(14)24-17)19(28)29-13-18(27)25-8-10-26(11-9-25)20-22-6-3-7-23-20/h1-7,12H,8-11,13H2. The molecule has 0 bridgehead atoms. The molecule has 4 rings (SSSR count). The van der Waals surface area contributed by atoms with Gasteiger partial charge < -0.3 is 14.5 Å². The van der Waals surface area contributed by atoms with Crippen LogP contribution in [0.25, 0.3) is 10.9 Å². The van der Waals surface area contributed by atoms with Gasteiger partial charge in [0.25, 0.3) is 5.91 Å². The minimum Gasteiger partial charge on any atom is -0.452 e. The number of carbonyl (C=O) groups is 2. The second-order valence-corrected chi connectivity index (χ2v) is 6.89. The molecule has 0 aliphatic carbocycles. The maximum absolute atomic E-state index is 12.5. The molecule has 1 fully saturated rings. The van der Waals surface area contributed by atoms with E-state index in [1.54, 1.807) is 41.6 Å². The van der Waals surface area contributed by atoms with Gasteiger partial charge in [-0.25, -0.2) is 19.7 Å². The number of nitrogens with zero attached hydrogens (tertiary/aromatic N) is 5. The quantitative estimate of drug-likeness (QED) is 0.480. The van der Waals surface area contributed by atoms with Crippen LogP contribution in [0.1, 0.15) is 10.4 Å². The third kappa shape index (κ3) is 4.27. The number of anilines is 1. The van der Waals surface area contributed by atoms with Crippen LogP contribution in [-0.2, 0) is 9.53 Å². The van der Waals surface area contributed by atoms with Crippen molar-refractivity contribution in [1.82, 2.24) is 19.9 Å². The fraction of sp³-hybridized carbons (Fsp3) is 0.250. The van der Waals surface area contributed by atoms with E-state index in [9.17, 15) is 9.59 Å². The number of carbonyl (C=O) groups excluding carboxylic acids is 2. The first-order chi connectivity index (χ1) is 14.1. The Labute approximate surface area is 172 Å². The Balaban J connectivity index is 1.35. The molecule has 8 nitrogen and oxygen atoms in total. The Hall–Kier alpha value is -3.26. The Bertz CT molecular complexity index is 1040. The van der Waals surface area contributed by atoms with E-state index >= 15 is 0 Å². The molecule has 1 aliphatic heterocycles. The van der Waals surface area contributed by atoms with Crippen molar-refractivity contribution in [2.24, 2.45) is 0 Å². The van der Waals surface area contributed by atoms with E-state index < -0.39 is 5.97 Å². The van der Waals surface area contributed by atoms with Crippen molar-refractivity contribution in [2.45, 2.75) is 0 Å². The highest BCUT2D eigenvalue weighted by Crippen LogP contribution is 2.21. The molecule has 2 aromatic heterocycles. The maximum Gasteiger partial charge on any atom is 0.339 e. The van der Waals surface area contributed by atoms with Gasteiger partial charge in [0.05, 0.1) is 11.1 Å². The van der Waals surface area contributed by atoms with Crippen LogP contribution in [0.5, 0.6) is 0 Å². The Morgan fingerprint density at radius 1 is 1.03 bits per heavy atom. The summed E-state index contributed by atoms with van der Waals surface area (Å²) in [6, 6.07) is 10.4. The van der Waals surface area contributed by atoms with Gasteiger partial charge >= 0.3 is 5.97 Å². The van der Waals surface area contributed by atoms with E-state index in [-0.39, 0.29) is 17.7 Å². The summed E-state index contributed by atoms with van der Waals surface area (Å²) in [6.07, 6.45) is 3.38. The number of halogens is 1. The van der Waals surface area contributed by atoms with Gasteiger partial charge in [-0.2, -0.15) is 0 Å². The molecular weight excluding hydrogens is 394 g/mol. The second-order valence-electron chi connectivity index (χ2n) is 6.50. The molecule has 148 valence electrons. The zero-order valence-electron chi connectivity index (χ0n) is 15.5. The number of amides is 1. The topological polar surface area (TPSA) is 88.5 Å². The normalized spacial score (nSPS) is 14.1. The highest BCUT2D eigenvalue weighted by atomic mass is 35.5. The second kappa shape index (κ2) is 8.40. The number of ether oxygens (including phenoxy) is 1. The maximum atomic E-state index is 12.5. The Kier molecular flexibility index (Phi) is 5.53. The van der Waals surface area contributed by atoms with Gasteiger partial charge in [-0.15, -0.1) is 0 Å². The number of esters is 1. The lowest BCUT2D eigenvalue weighted by Crippen LogP contribution is -2.50. The van der Waals surface area contributed by atoms with E-state index in [0.717, 1.165) is 0 Å². The molecule has 1 amide bonds. The van der Waals surface area contributed by atoms with Crippen LogP contribution < -0.4 is 4.90 Å². The molecule has 3 heterocycles. The predicted molar refractivity (Wildman–Crippen MR) is 108 cm³/mol. The molecule has 0 spiro atoms. The summed E-state index contributed by atoms with van der Waals surface area (Å²) >= 11 is 6.01. The minimum absolute atomic E-state index is 0.196. The van der Waals surface area contributed by atoms with Crippen LogP contribution in [0.15, 0.2) is 48.8 Å².